The number of methoxy groups -OCH3 is 1. The summed E-state index contributed by atoms with van der Waals surface area (Å²) in [5, 5.41) is 3.83. The summed E-state index contributed by atoms with van der Waals surface area (Å²) in [5.41, 5.74) is 0.709. The van der Waals surface area contributed by atoms with Gasteiger partial charge < -0.3 is 23.8 Å². The van der Waals surface area contributed by atoms with E-state index in [9.17, 15) is 9.59 Å². The predicted octanol–water partition coefficient (Wildman–Crippen LogP) is 1.31. The zero-order valence-electron chi connectivity index (χ0n) is 15.4. The number of ether oxygens (including phenoxy) is 2. The Hall–Kier alpha value is -1.93. The summed E-state index contributed by atoms with van der Waals surface area (Å²) in [7, 11) is 1.61. The van der Waals surface area contributed by atoms with Crippen molar-refractivity contribution in [2.24, 2.45) is 0 Å². The van der Waals surface area contributed by atoms with Crippen LogP contribution in [-0.4, -0.2) is 73.3 Å². The highest BCUT2D eigenvalue weighted by molar-refractivity contribution is 5.76. The van der Waals surface area contributed by atoms with Crippen LogP contribution in [0.1, 0.15) is 32.4 Å². The van der Waals surface area contributed by atoms with Crippen molar-refractivity contribution >= 4 is 11.8 Å². The van der Waals surface area contributed by atoms with E-state index in [0.29, 0.717) is 64.5 Å². The quantitative estimate of drug-likeness (QED) is 0.496. The molecule has 0 radical (unpaired) electrons. The fourth-order valence-electron chi connectivity index (χ4n) is 2.27. The van der Waals surface area contributed by atoms with Crippen molar-refractivity contribution in [3.8, 4) is 0 Å². The molecule has 1 heterocycles. The van der Waals surface area contributed by atoms with Crippen molar-refractivity contribution in [1.29, 1.82) is 0 Å². The standard InChI is InChI=1S/C17H29N3O5/c1-4-16(21)19(7-11-23-3)8-12-24-13-9-20(17(22)5-2)14-15-6-10-25-18-15/h6,10H,4-5,7-9,11-14H2,1-3H3. The molecular weight excluding hydrogens is 326 g/mol. The van der Waals surface area contributed by atoms with Crippen LogP contribution in [0.25, 0.3) is 0 Å². The number of hydrogen-bond acceptors (Lipinski definition) is 6. The van der Waals surface area contributed by atoms with E-state index in [-0.39, 0.29) is 11.8 Å². The van der Waals surface area contributed by atoms with Crippen LogP contribution in [0.4, 0.5) is 0 Å². The first-order chi connectivity index (χ1) is 12.1. The number of rotatable bonds is 13. The molecule has 0 fully saturated rings. The minimum atomic E-state index is 0.0366. The first kappa shape index (κ1) is 21.1. The molecule has 0 aliphatic heterocycles. The molecule has 1 rings (SSSR count). The smallest absolute Gasteiger partial charge is 0.222 e. The molecule has 0 unspecified atom stereocenters. The van der Waals surface area contributed by atoms with E-state index in [1.54, 1.807) is 23.0 Å². The summed E-state index contributed by atoms with van der Waals surface area (Å²) in [4.78, 5) is 27.3. The molecule has 8 nitrogen and oxygen atoms in total. The van der Waals surface area contributed by atoms with E-state index in [2.05, 4.69) is 5.16 Å². The molecule has 0 saturated heterocycles. The maximum Gasteiger partial charge on any atom is 0.222 e. The van der Waals surface area contributed by atoms with Gasteiger partial charge in [-0.3, -0.25) is 9.59 Å². The zero-order valence-corrected chi connectivity index (χ0v) is 15.4. The van der Waals surface area contributed by atoms with Crippen molar-refractivity contribution in [2.45, 2.75) is 33.2 Å². The number of hydrogen-bond donors (Lipinski definition) is 0. The number of nitrogens with zero attached hydrogens (tertiary/aromatic N) is 3. The number of aromatic nitrogens is 1. The number of carbonyl (C=O) groups excluding carboxylic acids is 2. The van der Waals surface area contributed by atoms with E-state index in [0.717, 1.165) is 0 Å². The highest BCUT2D eigenvalue weighted by Gasteiger charge is 2.14. The van der Waals surface area contributed by atoms with Gasteiger partial charge in [0.2, 0.25) is 11.8 Å². The molecule has 2 amide bonds. The van der Waals surface area contributed by atoms with Gasteiger partial charge in [-0.25, -0.2) is 0 Å². The van der Waals surface area contributed by atoms with Crippen LogP contribution < -0.4 is 0 Å². The van der Waals surface area contributed by atoms with Gasteiger partial charge in [0.15, 0.2) is 0 Å². The normalized spacial score (nSPS) is 10.7. The molecule has 1 aromatic heterocycles. The molecule has 8 heteroatoms. The van der Waals surface area contributed by atoms with Gasteiger partial charge in [0.1, 0.15) is 12.0 Å². The summed E-state index contributed by atoms with van der Waals surface area (Å²) < 4.78 is 15.4. The van der Waals surface area contributed by atoms with Crippen molar-refractivity contribution in [1.82, 2.24) is 15.0 Å². The largest absolute Gasteiger partial charge is 0.383 e. The molecule has 0 spiro atoms. The van der Waals surface area contributed by atoms with Gasteiger partial charge in [-0.1, -0.05) is 19.0 Å². The fraction of sp³-hybridized carbons (Fsp3) is 0.706. The van der Waals surface area contributed by atoms with Gasteiger partial charge in [0.25, 0.3) is 0 Å². The third-order valence-electron chi connectivity index (χ3n) is 3.73. The first-order valence-electron chi connectivity index (χ1n) is 8.63. The average Bonchev–Trinajstić information content (AvgIpc) is 3.14. The Kier molecular flexibility index (Phi) is 10.5. The van der Waals surface area contributed by atoms with Crippen LogP contribution >= 0.6 is 0 Å². The lowest BCUT2D eigenvalue weighted by Crippen LogP contribution is -2.37. The van der Waals surface area contributed by atoms with Crippen LogP contribution in [0.3, 0.4) is 0 Å². The summed E-state index contributed by atoms with van der Waals surface area (Å²) in [6.07, 6.45) is 2.37. The Labute approximate surface area is 149 Å². The molecule has 0 bridgehead atoms. The van der Waals surface area contributed by atoms with Crippen LogP contribution in [0, 0.1) is 0 Å². The summed E-state index contributed by atoms with van der Waals surface area (Å²) in [6, 6.07) is 1.74. The summed E-state index contributed by atoms with van der Waals surface area (Å²) in [6.45, 7) is 6.93. The van der Waals surface area contributed by atoms with Crippen molar-refractivity contribution < 1.29 is 23.6 Å². The molecule has 0 saturated carbocycles. The predicted molar refractivity (Wildman–Crippen MR) is 91.8 cm³/mol. The molecule has 0 aliphatic carbocycles. The van der Waals surface area contributed by atoms with E-state index in [1.807, 2.05) is 13.8 Å². The van der Waals surface area contributed by atoms with Gasteiger partial charge in [0, 0.05) is 45.7 Å². The molecule has 25 heavy (non-hydrogen) atoms. The van der Waals surface area contributed by atoms with Crippen LogP contribution in [0.15, 0.2) is 16.9 Å². The molecular formula is C17H29N3O5. The number of amides is 2. The fourth-order valence-corrected chi connectivity index (χ4v) is 2.27. The molecule has 142 valence electrons. The zero-order chi connectivity index (χ0) is 18.5. The Balaban J connectivity index is 2.34. The SMILES string of the molecule is CCC(=O)N(CCOC)CCOCCN(Cc1ccon1)C(=O)CC. The molecule has 0 aliphatic rings. The Morgan fingerprint density at radius 3 is 2.20 bits per heavy atom. The summed E-state index contributed by atoms with van der Waals surface area (Å²) in [5.74, 6) is 0.115. The van der Waals surface area contributed by atoms with E-state index in [1.165, 1.54) is 6.26 Å². The van der Waals surface area contributed by atoms with E-state index >= 15 is 0 Å². The average molecular weight is 355 g/mol. The molecule has 1 aromatic rings. The van der Waals surface area contributed by atoms with Gasteiger partial charge in [0.05, 0.1) is 26.4 Å². The summed E-state index contributed by atoms with van der Waals surface area (Å²) >= 11 is 0. The van der Waals surface area contributed by atoms with E-state index < -0.39 is 0 Å². The van der Waals surface area contributed by atoms with Crippen LogP contribution in [0.5, 0.6) is 0 Å². The first-order valence-corrected chi connectivity index (χ1v) is 8.63. The lowest BCUT2D eigenvalue weighted by Gasteiger charge is -2.23. The maximum absolute atomic E-state index is 12.0. The second-order valence-electron chi connectivity index (χ2n) is 5.50. The van der Waals surface area contributed by atoms with Gasteiger partial charge in [-0.2, -0.15) is 0 Å². The Bertz CT molecular complexity index is 492. The minimum Gasteiger partial charge on any atom is -0.383 e. The molecule has 0 N–H and O–H groups in total. The topological polar surface area (TPSA) is 85.1 Å². The molecule has 0 aromatic carbocycles. The lowest BCUT2D eigenvalue weighted by molar-refractivity contribution is -0.132. The van der Waals surface area contributed by atoms with Gasteiger partial charge in [-0.05, 0) is 0 Å². The Morgan fingerprint density at radius 1 is 1.04 bits per heavy atom. The highest BCUT2D eigenvalue weighted by Crippen LogP contribution is 2.04. The maximum atomic E-state index is 12.0. The van der Waals surface area contributed by atoms with Crippen LogP contribution in [-0.2, 0) is 25.6 Å². The van der Waals surface area contributed by atoms with Crippen LogP contribution in [0.2, 0.25) is 0 Å². The Morgan fingerprint density at radius 2 is 1.64 bits per heavy atom. The monoisotopic (exact) mass is 355 g/mol. The second-order valence-corrected chi connectivity index (χ2v) is 5.50. The van der Waals surface area contributed by atoms with Crippen molar-refractivity contribution in [3.63, 3.8) is 0 Å². The van der Waals surface area contributed by atoms with E-state index in [4.69, 9.17) is 14.0 Å². The van der Waals surface area contributed by atoms with Gasteiger partial charge in [-0.15, -0.1) is 0 Å². The highest BCUT2D eigenvalue weighted by atomic mass is 16.5. The third-order valence-corrected chi connectivity index (χ3v) is 3.73. The lowest BCUT2D eigenvalue weighted by atomic mass is 10.3. The molecule has 0 atom stereocenters. The number of carbonyl (C=O) groups is 2. The van der Waals surface area contributed by atoms with Gasteiger partial charge >= 0.3 is 0 Å². The second kappa shape index (κ2) is 12.4. The third kappa shape index (κ3) is 8.13. The van der Waals surface area contributed by atoms with Crippen molar-refractivity contribution in [3.05, 3.63) is 18.0 Å². The minimum absolute atomic E-state index is 0.0366. The van der Waals surface area contributed by atoms with Crippen molar-refractivity contribution in [2.75, 3.05) is 46.6 Å².